The first-order valence-corrected chi connectivity index (χ1v) is 10.4. The predicted octanol–water partition coefficient (Wildman–Crippen LogP) is 5.73. The molecule has 0 spiro atoms. The van der Waals surface area contributed by atoms with Crippen LogP contribution in [0.15, 0.2) is 66.7 Å². The van der Waals surface area contributed by atoms with Crippen molar-refractivity contribution >= 4 is 40.8 Å². The van der Waals surface area contributed by atoms with Crippen LogP contribution >= 0.6 is 23.2 Å². The Bertz CT molecular complexity index is 1140. The van der Waals surface area contributed by atoms with E-state index in [1.54, 1.807) is 32.2 Å². The molecular weight excluding hydrogens is 435 g/mol. The van der Waals surface area contributed by atoms with E-state index in [9.17, 15) is 9.59 Å². The molecule has 3 amide bonds. The molecule has 1 unspecified atom stereocenters. The quantitative estimate of drug-likeness (QED) is 0.500. The van der Waals surface area contributed by atoms with Gasteiger partial charge in [-0.3, -0.25) is 4.79 Å². The summed E-state index contributed by atoms with van der Waals surface area (Å²) in [4.78, 5) is 26.9. The number of nitrogens with one attached hydrogen (secondary N) is 1. The highest BCUT2D eigenvalue weighted by atomic mass is 35.5. The van der Waals surface area contributed by atoms with E-state index in [-0.39, 0.29) is 5.91 Å². The number of anilines is 1. The molecule has 0 aliphatic carbocycles. The Labute approximate surface area is 190 Å². The molecule has 31 heavy (non-hydrogen) atoms. The van der Waals surface area contributed by atoms with Gasteiger partial charge in [-0.1, -0.05) is 59.6 Å². The molecule has 3 aromatic carbocycles. The fourth-order valence-electron chi connectivity index (χ4n) is 3.73. The number of imide groups is 1. The SMILES string of the molecule is COc1cccc(-c2ccc(CC3(C)NC(=O)N(c4cc(Cl)cc(Cl)c4)C3=O)cc2)c1. The third-order valence-corrected chi connectivity index (χ3v) is 5.72. The van der Waals surface area contributed by atoms with Crippen molar-refractivity contribution in [2.24, 2.45) is 0 Å². The summed E-state index contributed by atoms with van der Waals surface area (Å²) in [5.41, 5.74) is 2.26. The normalized spacial score (nSPS) is 18.3. The van der Waals surface area contributed by atoms with Gasteiger partial charge in [0.25, 0.3) is 5.91 Å². The first-order valence-electron chi connectivity index (χ1n) is 9.65. The van der Waals surface area contributed by atoms with E-state index in [1.807, 2.05) is 48.5 Å². The Hall–Kier alpha value is -3.02. The van der Waals surface area contributed by atoms with E-state index >= 15 is 0 Å². The second kappa shape index (κ2) is 8.25. The fourth-order valence-corrected chi connectivity index (χ4v) is 4.25. The van der Waals surface area contributed by atoms with Crippen molar-refractivity contribution in [1.82, 2.24) is 5.32 Å². The number of hydrogen-bond donors (Lipinski definition) is 1. The summed E-state index contributed by atoms with van der Waals surface area (Å²) in [5, 5.41) is 3.52. The molecule has 1 N–H and O–H groups in total. The van der Waals surface area contributed by atoms with Gasteiger partial charge in [-0.25, -0.2) is 9.69 Å². The molecule has 1 atom stereocenters. The zero-order valence-corrected chi connectivity index (χ0v) is 18.5. The van der Waals surface area contributed by atoms with Crippen molar-refractivity contribution < 1.29 is 14.3 Å². The number of amides is 3. The first kappa shape index (κ1) is 21.2. The number of ether oxygens (including phenoxy) is 1. The lowest BCUT2D eigenvalue weighted by Crippen LogP contribution is -2.46. The second-order valence-corrected chi connectivity index (χ2v) is 8.51. The van der Waals surface area contributed by atoms with Gasteiger partial charge in [0.15, 0.2) is 0 Å². The largest absolute Gasteiger partial charge is 0.497 e. The minimum atomic E-state index is -1.08. The van der Waals surface area contributed by atoms with Crippen molar-refractivity contribution in [3.63, 3.8) is 0 Å². The number of carbonyl (C=O) groups is 2. The summed E-state index contributed by atoms with van der Waals surface area (Å²) in [6.45, 7) is 1.72. The summed E-state index contributed by atoms with van der Waals surface area (Å²) in [6.07, 6.45) is 0.348. The predicted molar refractivity (Wildman–Crippen MR) is 123 cm³/mol. The van der Waals surface area contributed by atoms with Crippen LogP contribution in [-0.2, 0) is 11.2 Å². The minimum Gasteiger partial charge on any atom is -0.497 e. The monoisotopic (exact) mass is 454 g/mol. The van der Waals surface area contributed by atoms with E-state index < -0.39 is 11.6 Å². The summed E-state index contributed by atoms with van der Waals surface area (Å²) in [6, 6.07) is 19.8. The summed E-state index contributed by atoms with van der Waals surface area (Å²) >= 11 is 12.1. The van der Waals surface area contributed by atoms with Crippen molar-refractivity contribution in [1.29, 1.82) is 0 Å². The van der Waals surface area contributed by atoms with Crippen LogP contribution in [0.25, 0.3) is 11.1 Å². The molecule has 0 aromatic heterocycles. The van der Waals surface area contributed by atoms with Crippen molar-refractivity contribution in [3.8, 4) is 16.9 Å². The van der Waals surface area contributed by atoms with Crippen LogP contribution in [-0.4, -0.2) is 24.6 Å². The molecule has 1 aliphatic rings. The van der Waals surface area contributed by atoms with Gasteiger partial charge in [-0.15, -0.1) is 0 Å². The molecule has 5 nitrogen and oxygen atoms in total. The number of methoxy groups -OCH3 is 1. The molecule has 3 aromatic rings. The summed E-state index contributed by atoms with van der Waals surface area (Å²) in [7, 11) is 1.64. The fraction of sp³-hybridized carbons (Fsp3) is 0.167. The standard InChI is InChI=1S/C24H20Cl2N2O3/c1-24(22(29)28(23(30)27-24)20-12-18(25)11-19(26)13-20)14-15-6-8-16(9-7-15)17-4-3-5-21(10-17)31-2/h3-13H,14H2,1-2H3,(H,27,30). The molecule has 1 aliphatic heterocycles. The van der Waals surface area contributed by atoms with Crippen LogP contribution in [0.1, 0.15) is 12.5 Å². The molecule has 7 heteroatoms. The van der Waals surface area contributed by atoms with Gasteiger partial charge in [0, 0.05) is 16.5 Å². The van der Waals surface area contributed by atoms with Gasteiger partial charge < -0.3 is 10.1 Å². The Morgan fingerprint density at radius 2 is 1.61 bits per heavy atom. The molecule has 0 radical (unpaired) electrons. The Balaban J connectivity index is 1.56. The maximum absolute atomic E-state index is 13.2. The van der Waals surface area contributed by atoms with E-state index in [4.69, 9.17) is 27.9 Å². The Morgan fingerprint density at radius 1 is 0.935 bits per heavy atom. The lowest BCUT2D eigenvalue weighted by molar-refractivity contribution is -0.121. The van der Waals surface area contributed by atoms with Crippen LogP contribution in [0.5, 0.6) is 5.75 Å². The number of benzene rings is 3. The molecule has 1 heterocycles. The highest BCUT2D eigenvalue weighted by Gasteiger charge is 2.48. The lowest BCUT2D eigenvalue weighted by atomic mass is 9.91. The number of rotatable bonds is 5. The topological polar surface area (TPSA) is 58.6 Å². The van der Waals surface area contributed by atoms with Crippen LogP contribution in [0.4, 0.5) is 10.5 Å². The second-order valence-electron chi connectivity index (χ2n) is 7.64. The Kier molecular flexibility index (Phi) is 5.65. The minimum absolute atomic E-state index is 0.345. The van der Waals surface area contributed by atoms with E-state index in [0.29, 0.717) is 22.2 Å². The average molecular weight is 455 g/mol. The van der Waals surface area contributed by atoms with Crippen LogP contribution in [0.2, 0.25) is 10.0 Å². The highest BCUT2D eigenvalue weighted by molar-refractivity contribution is 6.35. The van der Waals surface area contributed by atoms with Crippen LogP contribution in [0.3, 0.4) is 0 Å². The number of hydrogen-bond acceptors (Lipinski definition) is 3. The van der Waals surface area contributed by atoms with Gasteiger partial charge in [0.2, 0.25) is 0 Å². The van der Waals surface area contributed by atoms with Crippen molar-refractivity contribution in [3.05, 3.63) is 82.3 Å². The first-order chi connectivity index (χ1) is 14.8. The molecule has 0 saturated carbocycles. The number of halogens is 2. The van der Waals surface area contributed by atoms with Gasteiger partial charge in [-0.2, -0.15) is 0 Å². The van der Waals surface area contributed by atoms with Crippen LogP contribution < -0.4 is 15.0 Å². The maximum Gasteiger partial charge on any atom is 0.329 e. The van der Waals surface area contributed by atoms with Gasteiger partial charge >= 0.3 is 6.03 Å². The lowest BCUT2D eigenvalue weighted by Gasteiger charge is -2.22. The van der Waals surface area contributed by atoms with E-state index in [0.717, 1.165) is 27.3 Å². The summed E-state index contributed by atoms with van der Waals surface area (Å²) in [5.74, 6) is 0.433. The molecule has 0 bridgehead atoms. The highest BCUT2D eigenvalue weighted by Crippen LogP contribution is 2.32. The molecule has 4 rings (SSSR count). The Morgan fingerprint density at radius 3 is 2.26 bits per heavy atom. The third-order valence-electron chi connectivity index (χ3n) is 5.28. The molecule has 1 fully saturated rings. The van der Waals surface area contributed by atoms with Crippen molar-refractivity contribution in [2.45, 2.75) is 18.9 Å². The number of urea groups is 1. The maximum atomic E-state index is 13.2. The number of nitrogens with zero attached hydrogens (tertiary/aromatic N) is 1. The number of carbonyl (C=O) groups excluding carboxylic acids is 2. The molecule has 1 saturated heterocycles. The average Bonchev–Trinajstić information content (AvgIpc) is 2.95. The van der Waals surface area contributed by atoms with Gasteiger partial charge in [0.05, 0.1) is 12.8 Å². The zero-order valence-electron chi connectivity index (χ0n) is 17.0. The van der Waals surface area contributed by atoms with Crippen molar-refractivity contribution in [2.75, 3.05) is 12.0 Å². The smallest absolute Gasteiger partial charge is 0.329 e. The third kappa shape index (κ3) is 4.24. The van der Waals surface area contributed by atoms with Gasteiger partial charge in [-0.05, 0) is 53.9 Å². The van der Waals surface area contributed by atoms with E-state index in [2.05, 4.69) is 5.32 Å². The zero-order chi connectivity index (χ0) is 22.2. The van der Waals surface area contributed by atoms with Gasteiger partial charge in [0.1, 0.15) is 11.3 Å². The molecular formula is C24H20Cl2N2O3. The van der Waals surface area contributed by atoms with Crippen LogP contribution in [0, 0.1) is 0 Å². The molecule has 158 valence electrons. The summed E-state index contributed by atoms with van der Waals surface area (Å²) < 4.78 is 5.29. The van der Waals surface area contributed by atoms with E-state index in [1.165, 1.54) is 0 Å².